The Morgan fingerprint density at radius 3 is 2.52 bits per heavy atom. The Labute approximate surface area is 179 Å². The van der Waals surface area contributed by atoms with Gasteiger partial charge in [-0.15, -0.1) is 0 Å². The zero-order chi connectivity index (χ0) is 21.8. The molecule has 0 aliphatic carbocycles. The van der Waals surface area contributed by atoms with Gasteiger partial charge in [-0.1, -0.05) is 60.2 Å². The number of rotatable bonds is 5. The van der Waals surface area contributed by atoms with E-state index in [0.29, 0.717) is 18.0 Å². The zero-order valence-corrected chi connectivity index (χ0v) is 17.0. The van der Waals surface area contributed by atoms with Crippen molar-refractivity contribution < 1.29 is 18.7 Å². The Morgan fingerprint density at radius 1 is 1.03 bits per heavy atom. The minimum Gasteiger partial charge on any atom is -0.449 e. The average Bonchev–Trinajstić information content (AvgIpc) is 2.77. The topological polar surface area (TPSA) is 58.6 Å². The maximum atomic E-state index is 14.1. The van der Waals surface area contributed by atoms with E-state index >= 15 is 0 Å². The maximum Gasteiger partial charge on any atom is 0.294 e. The number of carbonyl (C=O) groups excluding carboxylic acids is 2. The molecule has 1 heterocycles. The molecule has 1 N–H and O–H groups in total. The van der Waals surface area contributed by atoms with Crippen molar-refractivity contribution in [2.24, 2.45) is 0 Å². The predicted molar refractivity (Wildman–Crippen MR) is 117 cm³/mol. The van der Waals surface area contributed by atoms with Gasteiger partial charge in [-0.3, -0.25) is 14.5 Å². The molecule has 1 aliphatic heterocycles. The number of ether oxygens (including phenoxy) is 1. The van der Waals surface area contributed by atoms with Gasteiger partial charge in [0.05, 0.1) is 5.69 Å². The van der Waals surface area contributed by atoms with E-state index in [2.05, 4.69) is 5.32 Å². The molecular weight excluding hydrogens is 395 g/mol. The molecule has 0 saturated carbocycles. The van der Waals surface area contributed by atoms with Crippen LogP contribution in [0.1, 0.15) is 16.7 Å². The lowest BCUT2D eigenvalue weighted by molar-refractivity contribution is -0.123. The fourth-order valence-corrected chi connectivity index (χ4v) is 3.26. The van der Waals surface area contributed by atoms with Gasteiger partial charge in [0.2, 0.25) is 5.91 Å². The number of fused-ring (bicyclic) bond motifs is 1. The van der Waals surface area contributed by atoms with Gasteiger partial charge in [0, 0.05) is 12.1 Å². The average molecular weight is 416 g/mol. The summed E-state index contributed by atoms with van der Waals surface area (Å²) < 4.78 is 19.8. The highest BCUT2D eigenvalue weighted by molar-refractivity contribution is 6.12. The van der Waals surface area contributed by atoms with Crippen LogP contribution in [0.5, 0.6) is 5.75 Å². The van der Waals surface area contributed by atoms with Crippen LogP contribution in [0, 0.1) is 12.7 Å². The fourth-order valence-electron chi connectivity index (χ4n) is 3.26. The number of anilines is 1. The minimum atomic E-state index is -0.507. The number of halogens is 1. The molecule has 3 aromatic rings. The Morgan fingerprint density at radius 2 is 1.74 bits per heavy atom. The first-order valence-corrected chi connectivity index (χ1v) is 9.88. The minimum absolute atomic E-state index is 0.0462. The molecular formula is C25H21FN2O3. The van der Waals surface area contributed by atoms with Gasteiger partial charge in [0.15, 0.2) is 11.5 Å². The molecule has 2 amide bonds. The fraction of sp³-hybridized carbons (Fsp3) is 0.120. The summed E-state index contributed by atoms with van der Waals surface area (Å²) in [6, 6.07) is 20.9. The van der Waals surface area contributed by atoms with E-state index in [0.717, 1.165) is 11.1 Å². The molecule has 1 aliphatic rings. The van der Waals surface area contributed by atoms with Gasteiger partial charge in [-0.25, -0.2) is 4.39 Å². The molecule has 0 radical (unpaired) electrons. The van der Waals surface area contributed by atoms with Crippen LogP contribution in [0.15, 0.2) is 78.6 Å². The van der Waals surface area contributed by atoms with Crippen LogP contribution in [0.2, 0.25) is 0 Å². The predicted octanol–water partition coefficient (Wildman–Crippen LogP) is 4.22. The van der Waals surface area contributed by atoms with Crippen LogP contribution in [0.3, 0.4) is 0 Å². The first-order valence-electron chi connectivity index (χ1n) is 9.88. The van der Waals surface area contributed by atoms with Gasteiger partial charge in [0.1, 0.15) is 12.4 Å². The first kappa shape index (κ1) is 20.3. The van der Waals surface area contributed by atoms with Gasteiger partial charge in [0.25, 0.3) is 5.91 Å². The molecule has 0 saturated heterocycles. The number of aryl methyl sites for hydroxylation is 1. The largest absolute Gasteiger partial charge is 0.449 e. The monoisotopic (exact) mass is 416 g/mol. The van der Waals surface area contributed by atoms with Crippen LogP contribution >= 0.6 is 0 Å². The summed E-state index contributed by atoms with van der Waals surface area (Å²) in [5.41, 5.74) is 2.82. The molecule has 156 valence electrons. The number of amides is 2. The van der Waals surface area contributed by atoms with Crippen molar-refractivity contribution in [3.63, 3.8) is 0 Å². The number of nitrogens with one attached hydrogen (secondary N) is 1. The van der Waals surface area contributed by atoms with Crippen molar-refractivity contribution in [3.05, 3.63) is 101 Å². The molecule has 0 fully saturated rings. The van der Waals surface area contributed by atoms with Crippen LogP contribution in [0.4, 0.5) is 10.1 Å². The SMILES string of the molecule is Cc1ccc(CNC(=O)CN2C(=O)C(=Cc3ccccc3F)Oc3ccccc32)cc1. The Kier molecular flexibility index (Phi) is 5.80. The third-order valence-electron chi connectivity index (χ3n) is 4.94. The molecule has 0 atom stereocenters. The van der Waals surface area contributed by atoms with Crippen molar-refractivity contribution in [3.8, 4) is 5.75 Å². The number of hydrogen-bond acceptors (Lipinski definition) is 3. The highest BCUT2D eigenvalue weighted by Crippen LogP contribution is 2.35. The zero-order valence-electron chi connectivity index (χ0n) is 17.0. The smallest absolute Gasteiger partial charge is 0.294 e. The van der Waals surface area contributed by atoms with E-state index in [1.54, 1.807) is 42.5 Å². The van der Waals surface area contributed by atoms with Crippen molar-refractivity contribution >= 4 is 23.6 Å². The Balaban J connectivity index is 1.55. The van der Waals surface area contributed by atoms with E-state index < -0.39 is 11.7 Å². The van der Waals surface area contributed by atoms with Crippen LogP contribution in [-0.4, -0.2) is 18.4 Å². The molecule has 0 bridgehead atoms. The molecule has 0 aromatic heterocycles. The second kappa shape index (κ2) is 8.83. The molecule has 31 heavy (non-hydrogen) atoms. The van der Waals surface area contributed by atoms with Gasteiger partial charge in [-0.05, 0) is 36.8 Å². The summed E-state index contributed by atoms with van der Waals surface area (Å²) in [6.45, 7) is 2.17. The molecule has 0 unspecified atom stereocenters. The maximum absolute atomic E-state index is 14.1. The second-order valence-corrected chi connectivity index (χ2v) is 7.25. The van der Waals surface area contributed by atoms with E-state index in [1.807, 2.05) is 31.2 Å². The molecule has 0 spiro atoms. The van der Waals surface area contributed by atoms with Crippen LogP contribution in [0.25, 0.3) is 6.08 Å². The van der Waals surface area contributed by atoms with E-state index in [9.17, 15) is 14.0 Å². The molecule has 5 nitrogen and oxygen atoms in total. The quantitative estimate of drug-likeness (QED) is 0.634. The molecule has 6 heteroatoms. The van der Waals surface area contributed by atoms with Gasteiger partial charge >= 0.3 is 0 Å². The summed E-state index contributed by atoms with van der Waals surface area (Å²) in [4.78, 5) is 27.0. The van der Waals surface area contributed by atoms with E-state index in [4.69, 9.17) is 4.74 Å². The highest BCUT2D eigenvalue weighted by atomic mass is 19.1. The normalized spacial score (nSPS) is 14.2. The number of hydrogen-bond donors (Lipinski definition) is 1. The number of benzene rings is 3. The number of para-hydroxylation sites is 2. The first-order chi connectivity index (χ1) is 15.0. The lowest BCUT2D eigenvalue weighted by Crippen LogP contribution is -2.44. The van der Waals surface area contributed by atoms with Crippen molar-refractivity contribution in [1.82, 2.24) is 5.32 Å². The van der Waals surface area contributed by atoms with Crippen molar-refractivity contribution in [1.29, 1.82) is 0 Å². The third kappa shape index (κ3) is 4.64. The summed E-state index contributed by atoms with van der Waals surface area (Å²) >= 11 is 0. The van der Waals surface area contributed by atoms with E-state index in [1.165, 1.54) is 17.0 Å². The van der Waals surface area contributed by atoms with Crippen LogP contribution < -0.4 is 15.0 Å². The Hall–Kier alpha value is -3.93. The third-order valence-corrected chi connectivity index (χ3v) is 4.94. The summed E-state index contributed by atoms with van der Waals surface area (Å²) in [7, 11) is 0. The summed E-state index contributed by atoms with van der Waals surface area (Å²) in [6.07, 6.45) is 1.35. The van der Waals surface area contributed by atoms with Crippen molar-refractivity contribution in [2.45, 2.75) is 13.5 Å². The highest BCUT2D eigenvalue weighted by Gasteiger charge is 2.31. The van der Waals surface area contributed by atoms with Gasteiger partial charge in [-0.2, -0.15) is 0 Å². The Bertz CT molecular complexity index is 1160. The summed E-state index contributed by atoms with van der Waals surface area (Å²) in [5.74, 6) is -0.901. The van der Waals surface area contributed by atoms with E-state index in [-0.39, 0.29) is 23.8 Å². The number of carbonyl (C=O) groups is 2. The second-order valence-electron chi connectivity index (χ2n) is 7.25. The van der Waals surface area contributed by atoms with Crippen LogP contribution in [-0.2, 0) is 16.1 Å². The molecule has 4 rings (SSSR count). The van der Waals surface area contributed by atoms with Crippen molar-refractivity contribution in [2.75, 3.05) is 11.4 Å². The standard InChI is InChI=1S/C25H21FN2O3/c1-17-10-12-18(13-11-17)15-27-24(29)16-28-21-8-4-5-9-22(21)31-23(25(28)30)14-19-6-2-3-7-20(19)26/h2-14H,15-16H2,1H3,(H,27,29). The lowest BCUT2D eigenvalue weighted by Gasteiger charge is -2.30. The number of nitrogens with zero attached hydrogens (tertiary/aromatic N) is 1. The molecule has 3 aromatic carbocycles. The summed E-state index contributed by atoms with van der Waals surface area (Å²) in [5, 5.41) is 2.84. The van der Waals surface area contributed by atoms with Gasteiger partial charge < -0.3 is 10.1 Å². The lowest BCUT2D eigenvalue weighted by atomic mass is 10.1.